The van der Waals surface area contributed by atoms with Crippen molar-refractivity contribution >= 4 is 45.4 Å². The molecule has 0 aliphatic carbocycles. The second kappa shape index (κ2) is 9.85. The van der Waals surface area contributed by atoms with Gasteiger partial charge in [-0.25, -0.2) is 14.8 Å². The number of nitrogens with zero attached hydrogens (tertiary/aromatic N) is 3. The van der Waals surface area contributed by atoms with Crippen LogP contribution in [0, 0.1) is 0 Å². The van der Waals surface area contributed by atoms with Crippen LogP contribution in [-0.2, 0) is 15.3 Å². The van der Waals surface area contributed by atoms with Gasteiger partial charge >= 0.3 is 5.97 Å². The summed E-state index contributed by atoms with van der Waals surface area (Å²) in [7, 11) is 1.43. The van der Waals surface area contributed by atoms with Crippen molar-refractivity contribution in [2.24, 2.45) is 4.99 Å². The number of ether oxygens (including phenoxy) is 1. The summed E-state index contributed by atoms with van der Waals surface area (Å²) in [6.45, 7) is 0. The van der Waals surface area contributed by atoms with Crippen LogP contribution in [0.2, 0.25) is 0 Å². The molecule has 0 aliphatic rings. The number of benzene rings is 1. The van der Waals surface area contributed by atoms with Crippen LogP contribution in [0.1, 0.15) is 11.1 Å². The van der Waals surface area contributed by atoms with Crippen LogP contribution in [0.25, 0.3) is 5.57 Å². The molecule has 0 radical (unpaired) electrons. The van der Waals surface area contributed by atoms with Crippen molar-refractivity contribution in [1.29, 1.82) is 0 Å². The molecule has 0 aliphatic heterocycles. The first kappa shape index (κ1) is 19.0. The molecule has 1 aromatic heterocycles. The molecule has 6 nitrogen and oxygen atoms in total. The molecule has 130 valence electrons. The third kappa shape index (κ3) is 5.61. The van der Waals surface area contributed by atoms with Crippen molar-refractivity contribution in [2.45, 2.75) is 5.75 Å². The number of rotatable bonds is 6. The molecular weight excluding hydrogens is 358 g/mol. The summed E-state index contributed by atoms with van der Waals surface area (Å²) in [5.74, 6) is -0.0642. The first-order valence-corrected chi connectivity index (χ1v) is 9.43. The fourth-order valence-corrected chi connectivity index (χ4v) is 3.46. The normalized spacial score (nSPS) is 12.1. The molecule has 2 aromatic rings. The summed E-state index contributed by atoms with van der Waals surface area (Å²) in [5, 5.41) is 9.40. The lowest BCUT2D eigenvalue weighted by molar-refractivity contribution is -0.130. The molecule has 0 atom stereocenters. The van der Waals surface area contributed by atoms with Crippen molar-refractivity contribution in [3.05, 3.63) is 60.1 Å². The summed E-state index contributed by atoms with van der Waals surface area (Å²) in [4.78, 5) is 24.1. The van der Waals surface area contributed by atoms with Crippen molar-refractivity contribution < 1.29 is 14.6 Å². The Bertz CT molecular complexity index is 780. The van der Waals surface area contributed by atoms with Crippen LogP contribution in [0.15, 0.2) is 54.0 Å². The van der Waals surface area contributed by atoms with Gasteiger partial charge in [0.15, 0.2) is 0 Å². The smallest absolute Gasteiger partial charge is 0.339 e. The third-order valence-electron chi connectivity index (χ3n) is 3.04. The Hall–Kier alpha value is -2.32. The molecule has 0 unspecified atom stereocenters. The first-order valence-electron chi connectivity index (χ1n) is 7.22. The second-order valence-electron chi connectivity index (χ2n) is 4.65. The number of aromatic nitrogens is 2. The maximum Gasteiger partial charge on any atom is 0.339 e. The number of hydrogen-bond acceptors (Lipinski definition) is 7. The molecule has 2 rings (SSSR count). The van der Waals surface area contributed by atoms with Gasteiger partial charge in [-0.1, -0.05) is 36.0 Å². The van der Waals surface area contributed by atoms with E-state index in [2.05, 4.69) is 15.0 Å². The zero-order valence-corrected chi connectivity index (χ0v) is 15.4. The largest absolute Gasteiger partial charge is 0.503 e. The number of thioether (sulfide) groups is 2. The first-order chi connectivity index (χ1) is 12.2. The zero-order chi connectivity index (χ0) is 18.1. The van der Waals surface area contributed by atoms with Gasteiger partial charge < -0.3 is 9.84 Å². The molecular formula is C17H17N3O3S2. The van der Waals surface area contributed by atoms with Gasteiger partial charge in [-0.15, -0.1) is 11.8 Å². The quantitative estimate of drug-likeness (QED) is 0.355. The van der Waals surface area contributed by atoms with E-state index in [4.69, 9.17) is 4.74 Å². The fraction of sp³-hybridized carbons (Fsp3) is 0.176. The van der Waals surface area contributed by atoms with Crippen molar-refractivity contribution in [2.75, 3.05) is 13.4 Å². The summed E-state index contributed by atoms with van der Waals surface area (Å²) in [6, 6.07) is 9.08. The summed E-state index contributed by atoms with van der Waals surface area (Å²) in [6.07, 6.45) is 6.44. The standard InChI is InChI=1S/C17H17N3O3S2/c1-23-10-14(15(21)22)13-7-4-3-6-12(13)11-25-17(24-2)20-16-18-8-5-9-19-16/h3-10H,11H2,1-2H3,(H,21,22)/b14-10+,20-17?. The van der Waals surface area contributed by atoms with Crippen LogP contribution < -0.4 is 0 Å². The van der Waals surface area contributed by atoms with E-state index in [1.165, 1.54) is 36.9 Å². The van der Waals surface area contributed by atoms with Crippen molar-refractivity contribution in [1.82, 2.24) is 9.97 Å². The SMILES string of the molecule is CO/C=C(/C(=O)O)c1ccccc1CSC(=Nc1ncccn1)SC. The van der Waals surface area contributed by atoms with Gasteiger partial charge in [0.05, 0.1) is 13.4 Å². The monoisotopic (exact) mass is 375 g/mol. The van der Waals surface area contributed by atoms with Gasteiger partial charge in [0, 0.05) is 18.1 Å². The molecule has 25 heavy (non-hydrogen) atoms. The van der Waals surface area contributed by atoms with Crippen molar-refractivity contribution in [3.8, 4) is 0 Å². The minimum Gasteiger partial charge on any atom is -0.503 e. The number of hydrogen-bond donors (Lipinski definition) is 1. The molecule has 0 spiro atoms. The Morgan fingerprint density at radius 1 is 1.28 bits per heavy atom. The highest BCUT2D eigenvalue weighted by atomic mass is 32.2. The molecule has 0 fully saturated rings. The van der Waals surface area contributed by atoms with E-state index < -0.39 is 5.97 Å². The highest BCUT2D eigenvalue weighted by Crippen LogP contribution is 2.27. The van der Waals surface area contributed by atoms with E-state index in [0.717, 1.165) is 9.94 Å². The Morgan fingerprint density at radius 3 is 2.64 bits per heavy atom. The molecule has 0 bridgehead atoms. The van der Waals surface area contributed by atoms with Gasteiger partial charge in [0.1, 0.15) is 9.95 Å². The number of carboxylic acids is 1. The second-order valence-corrected chi connectivity index (χ2v) is 6.67. The minimum absolute atomic E-state index is 0.118. The third-order valence-corrected chi connectivity index (χ3v) is 5.13. The predicted molar refractivity (Wildman–Crippen MR) is 103 cm³/mol. The molecule has 1 heterocycles. The predicted octanol–water partition coefficient (Wildman–Crippen LogP) is 3.83. The lowest BCUT2D eigenvalue weighted by Crippen LogP contribution is -2.03. The Labute approximate surface area is 154 Å². The van der Waals surface area contributed by atoms with Crippen LogP contribution in [0.4, 0.5) is 5.95 Å². The van der Waals surface area contributed by atoms with Gasteiger partial charge in [-0.2, -0.15) is 4.99 Å². The number of methoxy groups -OCH3 is 1. The maximum absolute atomic E-state index is 11.5. The highest BCUT2D eigenvalue weighted by molar-refractivity contribution is 8.38. The summed E-state index contributed by atoms with van der Waals surface area (Å²) in [5.41, 5.74) is 1.63. The molecule has 1 N–H and O–H groups in total. The lowest BCUT2D eigenvalue weighted by atomic mass is 10.0. The van der Waals surface area contributed by atoms with E-state index in [1.54, 1.807) is 30.6 Å². The van der Waals surface area contributed by atoms with E-state index in [9.17, 15) is 9.90 Å². The lowest BCUT2D eigenvalue weighted by Gasteiger charge is -2.10. The highest BCUT2D eigenvalue weighted by Gasteiger charge is 2.15. The average Bonchev–Trinajstić information content (AvgIpc) is 2.64. The van der Waals surface area contributed by atoms with Crippen LogP contribution in [0.5, 0.6) is 0 Å². The number of aliphatic carboxylic acids is 1. The zero-order valence-electron chi connectivity index (χ0n) is 13.7. The van der Waals surface area contributed by atoms with Crippen LogP contribution in [0.3, 0.4) is 0 Å². The number of carbonyl (C=O) groups is 1. The number of carboxylic acid groups (broad SMARTS) is 1. The molecule has 1 aromatic carbocycles. The van der Waals surface area contributed by atoms with E-state index >= 15 is 0 Å². The minimum atomic E-state index is -1.03. The van der Waals surface area contributed by atoms with E-state index in [-0.39, 0.29) is 5.57 Å². The number of aliphatic imine (C=N–C) groups is 1. The molecule has 0 saturated heterocycles. The topological polar surface area (TPSA) is 84.7 Å². The maximum atomic E-state index is 11.5. The molecule has 0 saturated carbocycles. The van der Waals surface area contributed by atoms with E-state index in [1.807, 2.05) is 18.4 Å². The average molecular weight is 375 g/mol. The summed E-state index contributed by atoms with van der Waals surface area (Å²) >= 11 is 2.99. The van der Waals surface area contributed by atoms with Gasteiger partial charge in [0.2, 0.25) is 0 Å². The summed E-state index contributed by atoms with van der Waals surface area (Å²) < 4.78 is 5.71. The van der Waals surface area contributed by atoms with Crippen LogP contribution >= 0.6 is 23.5 Å². The van der Waals surface area contributed by atoms with Gasteiger partial charge in [-0.05, 0) is 23.4 Å². The fourth-order valence-electron chi connectivity index (χ4n) is 1.96. The van der Waals surface area contributed by atoms with Gasteiger partial charge in [-0.3, -0.25) is 0 Å². The van der Waals surface area contributed by atoms with Gasteiger partial charge in [0.25, 0.3) is 5.95 Å². The molecule has 0 amide bonds. The van der Waals surface area contributed by atoms with E-state index in [0.29, 0.717) is 17.3 Å². The Morgan fingerprint density at radius 2 is 2.00 bits per heavy atom. The van der Waals surface area contributed by atoms with Crippen molar-refractivity contribution in [3.63, 3.8) is 0 Å². The van der Waals surface area contributed by atoms with Crippen LogP contribution in [-0.4, -0.2) is 38.8 Å². The molecule has 8 heteroatoms. The Kier molecular flexibility index (Phi) is 7.49. The Balaban J connectivity index is 2.22.